The number of hydrogen-bond acceptors (Lipinski definition) is 3. The summed E-state index contributed by atoms with van der Waals surface area (Å²) in [5.41, 5.74) is 1.69. The molecule has 1 saturated heterocycles. The highest BCUT2D eigenvalue weighted by Gasteiger charge is 2.32. The molecule has 1 aliphatic heterocycles. The van der Waals surface area contributed by atoms with Crippen molar-refractivity contribution in [2.45, 2.75) is 48.1 Å². The van der Waals surface area contributed by atoms with E-state index in [1.165, 1.54) is 4.90 Å². The Hall–Kier alpha value is -3.35. The number of carbonyl (C=O) groups excluding carboxylic acids is 3. The van der Waals surface area contributed by atoms with Crippen LogP contribution in [-0.2, 0) is 11.3 Å². The summed E-state index contributed by atoms with van der Waals surface area (Å²) in [6.45, 7) is 8.99. The van der Waals surface area contributed by atoms with E-state index < -0.39 is 0 Å². The lowest BCUT2D eigenvalue weighted by atomic mass is 10.1. The number of nitrogens with zero attached hydrogens (tertiary/aromatic N) is 2. The van der Waals surface area contributed by atoms with Gasteiger partial charge in [-0.25, -0.2) is 14.5 Å². The van der Waals surface area contributed by atoms with Crippen LogP contribution >= 0.6 is 0 Å². The molecule has 0 unspecified atom stereocenters. The smallest absolute Gasteiger partial charge is 0.331 e. The van der Waals surface area contributed by atoms with Crippen LogP contribution in [0.2, 0.25) is 0 Å². The molecule has 0 radical (unpaired) electrons. The lowest BCUT2D eigenvalue weighted by molar-refractivity contribution is -0.119. The summed E-state index contributed by atoms with van der Waals surface area (Å²) in [5, 5.41) is 4.73. The molecule has 0 saturated carbocycles. The Morgan fingerprint density at radius 2 is 1.31 bits per heavy atom. The molecule has 0 atom stereocenters. The number of nitrogens with one attached hydrogen (secondary N) is 2. The third kappa shape index (κ3) is 10.1. The maximum absolute atomic E-state index is 12.6. The Kier molecular flexibility index (Phi) is 17.8. The van der Waals surface area contributed by atoms with Gasteiger partial charge in [-0.15, -0.1) is 0 Å². The maximum atomic E-state index is 12.6. The maximum Gasteiger partial charge on any atom is 0.331 e. The summed E-state index contributed by atoms with van der Waals surface area (Å²) in [6, 6.07) is 18.5. The van der Waals surface area contributed by atoms with Gasteiger partial charge in [0.05, 0.1) is 5.69 Å². The summed E-state index contributed by atoms with van der Waals surface area (Å²) in [6.07, 6.45) is 0.355. The SMILES string of the molecule is C.CC.CC.CNC(=O)NC.O=C1CCN(Cc2ccccc2)C(=O)N1c1ccccc1. The topological polar surface area (TPSA) is 81.8 Å². The van der Waals surface area contributed by atoms with Gasteiger partial charge >= 0.3 is 12.1 Å². The first kappa shape index (κ1) is 30.8. The van der Waals surface area contributed by atoms with Crippen LogP contribution < -0.4 is 15.5 Å². The summed E-state index contributed by atoms with van der Waals surface area (Å²) in [4.78, 5) is 37.6. The normalized spacial score (nSPS) is 11.8. The summed E-state index contributed by atoms with van der Waals surface area (Å²) >= 11 is 0. The van der Waals surface area contributed by atoms with Gasteiger partial charge in [0, 0.05) is 33.6 Å². The zero-order valence-corrected chi connectivity index (χ0v) is 19.5. The molecule has 5 amide bonds. The molecule has 2 aromatic rings. The number of para-hydroxylation sites is 1. The number of imide groups is 1. The second-order valence-corrected chi connectivity index (χ2v) is 5.83. The van der Waals surface area contributed by atoms with Gasteiger partial charge in [0.1, 0.15) is 0 Å². The molecule has 178 valence electrons. The molecular weight excluding hydrogens is 404 g/mol. The van der Waals surface area contributed by atoms with Crippen molar-refractivity contribution in [3.05, 3.63) is 66.2 Å². The molecule has 32 heavy (non-hydrogen) atoms. The van der Waals surface area contributed by atoms with Crippen LogP contribution in [0.4, 0.5) is 15.3 Å². The van der Waals surface area contributed by atoms with E-state index in [2.05, 4.69) is 10.6 Å². The van der Waals surface area contributed by atoms with Crippen molar-refractivity contribution in [3.8, 4) is 0 Å². The Balaban J connectivity index is 0. The Bertz CT molecular complexity index is 761. The second kappa shape index (κ2) is 18.4. The van der Waals surface area contributed by atoms with Crippen molar-refractivity contribution in [2.24, 2.45) is 0 Å². The van der Waals surface area contributed by atoms with E-state index in [-0.39, 0.29) is 25.4 Å². The number of hydrogen-bond donors (Lipinski definition) is 2. The van der Waals surface area contributed by atoms with Gasteiger partial charge in [0.25, 0.3) is 0 Å². The van der Waals surface area contributed by atoms with E-state index in [4.69, 9.17) is 0 Å². The summed E-state index contributed by atoms with van der Waals surface area (Å²) in [7, 11) is 3.14. The van der Waals surface area contributed by atoms with Gasteiger partial charge in [-0.1, -0.05) is 83.7 Å². The highest BCUT2D eigenvalue weighted by Crippen LogP contribution is 2.21. The number of benzene rings is 2. The molecule has 2 N–H and O–H groups in total. The number of urea groups is 2. The largest absolute Gasteiger partial charge is 0.341 e. The minimum atomic E-state index is -0.249. The van der Waals surface area contributed by atoms with Crippen molar-refractivity contribution in [2.75, 3.05) is 25.5 Å². The molecule has 1 fully saturated rings. The molecular formula is C25H40N4O3. The zero-order valence-electron chi connectivity index (χ0n) is 19.5. The third-order valence-corrected chi connectivity index (χ3v) is 3.99. The molecule has 7 heteroatoms. The van der Waals surface area contributed by atoms with Crippen molar-refractivity contribution in [1.29, 1.82) is 0 Å². The van der Waals surface area contributed by atoms with Crippen LogP contribution in [0.15, 0.2) is 60.7 Å². The monoisotopic (exact) mass is 444 g/mol. The van der Waals surface area contributed by atoms with Gasteiger partial charge in [-0.2, -0.15) is 0 Å². The van der Waals surface area contributed by atoms with E-state index >= 15 is 0 Å². The summed E-state index contributed by atoms with van der Waals surface area (Å²) < 4.78 is 0. The standard InChI is InChI=1S/C17H16N2O2.C3H8N2O.2C2H6.CH4/c20-16-11-12-18(13-14-7-3-1-4-8-14)17(21)19(16)15-9-5-2-6-10-15;1-4-3(6)5-2;2*1-2;/h1-10H,11-13H2;1-2H3,(H2,4,5,6);2*1-2H3;1H4. The molecule has 0 spiro atoms. The molecule has 1 heterocycles. The first-order valence-electron chi connectivity index (χ1n) is 10.7. The molecule has 1 aliphatic rings. The van der Waals surface area contributed by atoms with Crippen molar-refractivity contribution < 1.29 is 14.4 Å². The second-order valence-electron chi connectivity index (χ2n) is 5.83. The van der Waals surface area contributed by atoms with Gasteiger partial charge < -0.3 is 15.5 Å². The fourth-order valence-corrected chi connectivity index (χ4v) is 2.59. The van der Waals surface area contributed by atoms with Gasteiger partial charge in [-0.3, -0.25) is 4.79 Å². The Labute approximate surface area is 193 Å². The van der Waals surface area contributed by atoms with Gasteiger partial charge in [0.15, 0.2) is 0 Å². The highest BCUT2D eigenvalue weighted by atomic mass is 16.2. The zero-order chi connectivity index (χ0) is 23.6. The van der Waals surface area contributed by atoms with Gasteiger partial charge in [0.2, 0.25) is 5.91 Å². The molecule has 0 bridgehead atoms. The van der Waals surface area contributed by atoms with E-state index in [0.29, 0.717) is 25.2 Å². The minimum Gasteiger partial charge on any atom is -0.341 e. The van der Waals surface area contributed by atoms with Crippen LogP contribution in [0.3, 0.4) is 0 Å². The number of carbonyl (C=O) groups is 3. The first-order chi connectivity index (χ1) is 15.1. The average molecular weight is 445 g/mol. The lowest BCUT2D eigenvalue weighted by Gasteiger charge is -2.34. The Morgan fingerprint density at radius 3 is 1.75 bits per heavy atom. The van der Waals surface area contributed by atoms with Crippen LogP contribution in [0.25, 0.3) is 0 Å². The molecule has 2 aromatic carbocycles. The van der Waals surface area contributed by atoms with Crippen LogP contribution in [-0.4, -0.2) is 43.5 Å². The minimum absolute atomic E-state index is 0. The lowest BCUT2D eigenvalue weighted by Crippen LogP contribution is -2.52. The van der Waals surface area contributed by atoms with E-state index in [9.17, 15) is 14.4 Å². The number of rotatable bonds is 3. The van der Waals surface area contributed by atoms with E-state index in [0.717, 1.165) is 5.56 Å². The fraction of sp³-hybridized carbons (Fsp3) is 0.400. The Morgan fingerprint density at radius 1 is 0.844 bits per heavy atom. The van der Waals surface area contributed by atoms with Crippen molar-refractivity contribution in [1.82, 2.24) is 15.5 Å². The number of anilines is 1. The van der Waals surface area contributed by atoms with Crippen molar-refractivity contribution in [3.63, 3.8) is 0 Å². The molecule has 7 nitrogen and oxygen atoms in total. The number of amides is 5. The quantitative estimate of drug-likeness (QED) is 0.676. The summed E-state index contributed by atoms with van der Waals surface area (Å²) in [5.74, 6) is -0.143. The first-order valence-corrected chi connectivity index (χ1v) is 10.7. The molecule has 0 aliphatic carbocycles. The van der Waals surface area contributed by atoms with Crippen LogP contribution in [0.1, 0.15) is 47.1 Å². The van der Waals surface area contributed by atoms with Crippen LogP contribution in [0.5, 0.6) is 0 Å². The van der Waals surface area contributed by atoms with Crippen molar-refractivity contribution >= 4 is 23.7 Å². The third-order valence-electron chi connectivity index (χ3n) is 3.99. The van der Waals surface area contributed by atoms with Gasteiger partial charge in [-0.05, 0) is 17.7 Å². The highest BCUT2D eigenvalue weighted by molar-refractivity contribution is 6.15. The molecule has 3 rings (SSSR count). The van der Waals surface area contributed by atoms with E-state index in [1.54, 1.807) is 31.1 Å². The fourth-order valence-electron chi connectivity index (χ4n) is 2.59. The predicted molar refractivity (Wildman–Crippen MR) is 134 cm³/mol. The molecule has 0 aromatic heterocycles. The average Bonchev–Trinajstić information content (AvgIpc) is 2.85. The predicted octanol–water partition coefficient (Wildman–Crippen LogP) is 5.28. The van der Waals surface area contributed by atoms with Crippen LogP contribution in [0, 0.1) is 0 Å². The van der Waals surface area contributed by atoms with E-state index in [1.807, 2.05) is 76.2 Å².